The van der Waals surface area contributed by atoms with Crippen molar-refractivity contribution in [2.75, 3.05) is 19.6 Å². The highest BCUT2D eigenvalue weighted by Gasteiger charge is 2.24. The average molecular weight is 362 g/mol. The number of hydrogen-bond acceptors (Lipinski definition) is 4. The molecule has 0 amide bonds. The molecule has 0 aliphatic carbocycles. The molecule has 3 nitrogen and oxygen atoms in total. The van der Waals surface area contributed by atoms with Crippen molar-refractivity contribution in [3.63, 3.8) is 0 Å². The number of thiophene rings is 2. The minimum atomic E-state index is -0.649. The van der Waals surface area contributed by atoms with Crippen molar-refractivity contribution in [1.29, 1.82) is 0 Å². The topological polar surface area (TPSA) is 40.5 Å². The van der Waals surface area contributed by atoms with Gasteiger partial charge in [-0.25, -0.2) is 0 Å². The molecule has 128 valence electrons. The molecule has 1 fully saturated rings. The molecule has 0 aromatic carbocycles. The number of piperidine rings is 1. The second-order valence-electron chi connectivity index (χ2n) is 6.29. The summed E-state index contributed by atoms with van der Waals surface area (Å²) < 4.78 is 0. The van der Waals surface area contributed by atoms with Crippen LogP contribution in [0.3, 0.4) is 0 Å². The third kappa shape index (κ3) is 4.15. The number of hydrogen-bond donors (Lipinski definition) is 1. The molecule has 1 saturated heterocycles. The van der Waals surface area contributed by atoms with Gasteiger partial charge in [0.2, 0.25) is 0 Å². The van der Waals surface area contributed by atoms with Crippen LogP contribution in [0.5, 0.6) is 0 Å². The van der Waals surface area contributed by atoms with Gasteiger partial charge in [0.05, 0.1) is 5.92 Å². The van der Waals surface area contributed by atoms with Crippen molar-refractivity contribution in [2.45, 2.75) is 26.2 Å². The van der Waals surface area contributed by atoms with Crippen LogP contribution >= 0.6 is 22.7 Å². The number of carboxylic acids is 1. The van der Waals surface area contributed by atoms with Gasteiger partial charge in [0.25, 0.3) is 0 Å². The molecule has 24 heavy (non-hydrogen) atoms. The molecule has 0 radical (unpaired) electrons. The lowest BCUT2D eigenvalue weighted by molar-refractivity contribution is -0.143. The number of nitrogens with zero attached hydrogens (tertiary/aromatic N) is 1. The normalized spacial score (nSPS) is 19.5. The van der Waals surface area contributed by atoms with Crippen molar-refractivity contribution in [3.8, 4) is 0 Å². The predicted molar refractivity (Wildman–Crippen MR) is 102 cm³/mol. The Morgan fingerprint density at radius 1 is 1.38 bits per heavy atom. The summed E-state index contributed by atoms with van der Waals surface area (Å²) >= 11 is 3.57. The zero-order valence-corrected chi connectivity index (χ0v) is 15.5. The predicted octanol–water partition coefficient (Wildman–Crippen LogP) is 4.74. The maximum absolute atomic E-state index is 11.2. The first kappa shape index (κ1) is 17.4. The van der Waals surface area contributed by atoms with Crippen molar-refractivity contribution < 1.29 is 9.90 Å². The van der Waals surface area contributed by atoms with Crippen molar-refractivity contribution in [2.24, 2.45) is 5.92 Å². The van der Waals surface area contributed by atoms with Crippen LogP contribution < -0.4 is 0 Å². The van der Waals surface area contributed by atoms with Gasteiger partial charge in [0.15, 0.2) is 0 Å². The van der Waals surface area contributed by atoms with E-state index in [-0.39, 0.29) is 5.92 Å². The largest absolute Gasteiger partial charge is 0.481 e. The summed E-state index contributed by atoms with van der Waals surface area (Å²) in [4.78, 5) is 16.1. The summed E-state index contributed by atoms with van der Waals surface area (Å²) in [5.41, 5.74) is 2.65. The van der Waals surface area contributed by atoms with E-state index in [1.165, 1.54) is 20.9 Å². The first-order valence-corrected chi connectivity index (χ1v) is 10.1. The van der Waals surface area contributed by atoms with E-state index in [1.54, 1.807) is 22.7 Å². The van der Waals surface area contributed by atoms with Crippen LogP contribution in [0.2, 0.25) is 0 Å². The second-order valence-corrected chi connectivity index (χ2v) is 8.16. The van der Waals surface area contributed by atoms with E-state index in [2.05, 4.69) is 46.9 Å². The second kappa shape index (κ2) is 8.10. The summed E-state index contributed by atoms with van der Waals surface area (Å²) in [6.45, 7) is 4.80. The third-order valence-corrected chi connectivity index (χ3v) is 6.49. The maximum atomic E-state index is 11.2. The highest BCUT2D eigenvalue weighted by Crippen LogP contribution is 2.33. The molecular weight excluding hydrogens is 338 g/mol. The monoisotopic (exact) mass is 361 g/mol. The molecule has 1 N–H and O–H groups in total. The maximum Gasteiger partial charge on any atom is 0.307 e. The van der Waals surface area contributed by atoms with E-state index in [0.29, 0.717) is 6.54 Å². The minimum Gasteiger partial charge on any atom is -0.481 e. The minimum absolute atomic E-state index is 0.195. The molecule has 0 bridgehead atoms. The first-order chi connectivity index (χ1) is 11.6. The van der Waals surface area contributed by atoms with Crippen LogP contribution in [-0.4, -0.2) is 35.6 Å². The fourth-order valence-corrected chi connectivity index (χ4v) is 5.06. The van der Waals surface area contributed by atoms with E-state index >= 15 is 0 Å². The van der Waals surface area contributed by atoms with Crippen LogP contribution in [0.1, 0.15) is 34.6 Å². The Labute approximate surface area is 151 Å². The smallest absolute Gasteiger partial charge is 0.307 e. The summed E-state index contributed by atoms with van der Waals surface area (Å²) in [7, 11) is 0. The number of carbonyl (C=O) groups is 1. The molecule has 2 aromatic rings. The summed E-state index contributed by atoms with van der Waals surface area (Å²) in [5.74, 6) is -0.845. The van der Waals surface area contributed by atoms with Crippen LogP contribution in [-0.2, 0) is 4.79 Å². The molecule has 5 heteroatoms. The Bertz CT molecular complexity index is 703. The fraction of sp³-hybridized carbons (Fsp3) is 0.421. The van der Waals surface area contributed by atoms with Gasteiger partial charge in [-0.05, 0) is 61.2 Å². The van der Waals surface area contributed by atoms with E-state index in [9.17, 15) is 9.90 Å². The zero-order valence-electron chi connectivity index (χ0n) is 13.9. The Hall–Kier alpha value is -1.43. The number of aliphatic carboxylic acids is 1. The number of carboxylic acid groups (broad SMARTS) is 1. The Kier molecular flexibility index (Phi) is 5.87. The first-order valence-electron chi connectivity index (χ1n) is 8.39. The van der Waals surface area contributed by atoms with Crippen LogP contribution in [0.4, 0.5) is 0 Å². The van der Waals surface area contributed by atoms with Gasteiger partial charge < -0.3 is 10.0 Å². The van der Waals surface area contributed by atoms with Crippen molar-refractivity contribution >= 4 is 34.2 Å². The summed E-state index contributed by atoms with van der Waals surface area (Å²) in [6.07, 6.45) is 5.09. The lowest BCUT2D eigenvalue weighted by atomic mass is 9.98. The highest BCUT2D eigenvalue weighted by atomic mass is 32.1. The van der Waals surface area contributed by atoms with E-state index in [4.69, 9.17) is 0 Å². The van der Waals surface area contributed by atoms with Gasteiger partial charge in [-0.15, -0.1) is 22.7 Å². The molecule has 1 atom stereocenters. The average Bonchev–Trinajstić information content (AvgIpc) is 3.24. The Morgan fingerprint density at radius 2 is 2.25 bits per heavy atom. The number of rotatable bonds is 6. The van der Waals surface area contributed by atoms with Crippen LogP contribution in [0, 0.1) is 12.8 Å². The molecule has 0 spiro atoms. The van der Waals surface area contributed by atoms with Crippen LogP contribution in [0.15, 0.2) is 35.0 Å². The molecule has 1 aliphatic heterocycles. The molecular formula is C19H23NO2S2. The van der Waals surface area contributed by atoms with Gasteiger partial charge in [0.1, 0.15) is 0 Å². The zero-order chi connectivity index (χ0) is 16.9. The highest BCUT2D eigenvalue weighted by molar-refractivity contribution is 7.13. The number of aryl methyl sites for hydroxylation is 1. The molecule has 3 heterocycles. The van der Waals surface area contributed by atoms with E-state index in [1.807, 2.05) is 0 Å². The fourth-order valence-electron chi connectivity index (χ4n) is 3.24. The summed E-state index contributed by atoms with van der Waals surface area (Å²) in [5, 5.41) is 13.5. The Balaban J connectivity index is 1.68. The van der Waals surface area contributed by atoms with Gasteiger partial charge >= 0.3 is 5.97 Å². The Morgan fingerprint density at radius 3 is 2.92 bits per heavy atom. The van der Waals surface area contributed by atoms with Gasteiger partial charge in [-0.2, -0.15) is 0 Å². The van der Waals surface area contributed by atoms with E-state index in [0.717, 1.165) is 32.4 Å². The standard InChI is InChI=1S/C19H23NO2S2/c1-14-8-12-24-18(14)16(17-7-4-11-23-17)6-3-10-20-9-2-5-15(13-20)19(21)22/h4,6-8,11-12,15H,2-3,5,9-10,13H2,1H3,(H,21,22)/t15-/m1/s1. The molecule has 0 unspecified atom stereocenters. The number of likely N-dealkylation sites (tertiary alicyclic amines) is 1. The molecule has 0 saturated carbocycles. The SMILES string of the molecule is Cc1ccsc1C(=CCCN1CCC[C@@H](C(=O)O)C1)c1cccs1. The third-order valence-electron chi connectivity index (χ3n) is 4.54. The van der Waals surface area contributed by atoms with E-state index < -0.39 is 5.97 Å². The van der Waals surface area contributed by atoms with Crippen molar-refractivity contribution in [3.05, 3.63) is 50.4 Å². The van der Waals surface area contributed by atoms with Crippen molar-refractivity contribution in [1.82, 2.24) is 4.90 Å². The molecule has 3 rings (SSSR count). The lowest BCUT2D eigenvalue weighted by Crippen LogP contribution is -2.39. The molecule has 2 aromatic heterocycles. The van der Waals surface area contributed by atoms with Gasteiger partial charge in [-0.1, -0.05) is 12.1 Å². The summed E-state index contributed by atoms with van der Waals surface area (Å²) in [6, 6.07) is 6.44. The van der Waals surface area contributed by atoms with Gasteiger partial charge in [-0.3, -0.25) is 4.79 Å². The molecule has 1 aliphatic rings. The van der Waals surface area contributed by atoms with Crippen LogP contribution in [0.25, 0.3) is 5.57 Å². The quantitative estimate of drug-likeness (QED) is 0.808. The lowest BCUT2D eigenvalue weighted by Gasteiger charge is -2.30. The van der Waals surface area contributed by atoms with Gasteiger partial charge in [0, 0.05) is 28.4 Å².